The highest BCUT2D eigenvalue weighted by Gasteiger charge is 2.27. The second-order valence-electron chi connectivity index (χ2n) is 5.34. The molecule has 1 aromatic heterocycles. The molecule has 1 N–H and O–H groups in total. The zero-order chi connectivity index (χ0) is 14.0. The number of aryl methyl sites for hydroxylation is 2. The van der Waals surface area contributed by atoms with E-state index in [1.807, 2.05) is 30.5 Å². The van der Waals surface area contributed by atoms with Gasteiger partial charge in [0.2, 0.25) is 5.91 Å². The summed E-state index contributed by atoms with van der Waals surface area (Å²) >= 11 is 0. The van der Waals surface area contributed by atoms with Gasteiger partial charge in [0.25, 0.3) is 0 Å². The van der Waals surface area contributed by atoms with Crippen LogP contribution in [0, 0.1) is 13.8 Å². The van der Waals surface area contributed by atoms with Gasteiger partial charge in [0.05, 0.1) is 18.3 Å². The summed E-state index contributed by atoms with van der Waals surface area (Å²) in [7, 11) is 1.93. The zero-order valence-corrected chi connectivity index (χ0v) is 12.0. The normalized spacial score (nSPS) is 19.2. The first-order valence-electron chi connectivity index (χ1n) is 6.94. The zero-order valence-electron chi connectivity index (χ0n) is 12.0. The van der Waals surface area contributed by atoms with Crippen molar-refractivity contribution in [2.24, 2.45) is 7.05 Å². The van der Waals surface area contributed by atoms with Gasteiger partial charge in [-0.15, -0.1) is 0 Å². The molecule has 1 unspecified atom stereocenters. The number of hydrogen-bond donors (Lipinski definition) is 1. The summed E-state index contributed by atoms with van der Waals surface area (Å²) in [5.74, 6) is 0.152. The Kier molecular flexibility index (Phi) is 4.24. The smallest absolute Gasteiger partial charge is 0.223 e. The highest BCUT2D eigenvalue weighted by atomic mass is 16.3. The first kappa shape index (κ1) is 14.1. The maximum absolute atomic E-state index is 12.2. The van der Waals surface area contributed by atoms with Crippen molar-refractivity contribution in [2.45, 2.75) is 45.6 Å². The van der Waals surface area contributed by atoms with E-state index in [1.165, 1.54) is 5.56 Å². The van der Waals surface area contributed by atoms with E-state index in [0.29, 0.717) is 6.42 Å². The number of nitrogens with zero attached hydrogens (tertiary/aromatic N) is 3. The summed E-state index contributed by atoms with van der Waals surface area (Å²) < 4.78 is 1.86. The van der Waals surface area contributed by atoms with Gasteiger partial charge in [0.15, 0.2) is 0 Å². The highest BCUT2D eigenvalue weighted by molar-refractivity contribution is 5.77. The molecule has 0 bridgehead atoms. The van der Waals surface area contributed by atoms with Crippen molar-refractivity contribution in [3.8, 4) is 0 Å². The molecule has 1 amide bonds. The molecular weight excluding hydrogens is 242 g/mol. The van der Waals surface area contributed by atoms with Crippen LogP contribution in [0.25, 0.3) is 0 Å². The largest absolute Gasteiger partial charge is 0.394 e. The molecule has 5 nitrogen and oxygen atoms in total. The number of hydrogen-bond acceptors (Lipinski definition) is 3. The molecule has 0 radical (unpaired) electrons. The van der Waals surface area contributed by atoms with Crippen LogP contribution in [0.1, 0.15) is 36.2 Å². The molecule has 0 spiro atoms. The van der Waals surface area contributed by atoms with E-state index in [-0.39, 0.29) is 18.6 Å². The fourth-order valence-electron chi connectivity index (χ4n) is 2.91. The van der Waals surface area contributed by atoms with E-state index in [9.17, 15) is 9.90 Å². The lowest BCUT2D eigenvalue weighted by molar-refractivity contribution is -0.132. The predicted molar refractivity (Wildman–Crippen MR) is 72.8 cm³/mol. The van der Waals surface area contributed by atoms with E-state index in [0.717, 1.165) is 37.2 Å². The van der Waals surface area contributed by atoms with Crippen molar-refractivity contribution in [1.29, 1.82) is 0 Å². The van der Waals surface area contributed by atoms with Gasteiger partial charge in [-0.05, 0) is 38.7 Å². The highest BCUT2D eigenvalue weighted by Crippen LogP contribution is 2.20. The third kappa shape index (κ3) is 2.81. The van der Waals surface area contributed by atoms with Crippen LogP contribution in [0.2, 0.25) is 0 Å². The lowest BCUT2D eigenvalue weighted by atomic mass is 10.1. The van der Waals surface area contributed by atoms with Gasteiger partial charge in [0, 0.05) is 25.7 Å². The van der Waals surface area contributed by atoms with Gasteiger partial charge in [0.1, 0.15) is 0 Å². The first-order chi connectivity index (χ1) is 9.04. The van der Waals surface area contributed by atoms with E-state index in [2.05, 4.69) is 5.10 Å². The molecule has 1 fully saturated rings. The number of carbonyl (C=O) groups is 1. The molecule has 2 rings (SSSR count). The second-order valence-corrected chi connectivity index (χ2v) is 5.34. The minimum Gasteiger partial charge on any atom is -0.394 e. The van der Waals surface area contributed by atoms with Gasteiger partial charge in [-0.25, -0.2) is 0 Å². The Bertz CT molecular complexity index is 468. The van der Waals surface area contributed by atoms with E-state index >= 15 is 0 Å². The molecule has 1 aromatic rings. The van der Waals surface area contributed by atoms with Gasteiger partial charge in [-0.3, -0.25) is 9.48 Å². The van der Waals surface area contributed by atoms with Crippen LogP contribution < -0.4 is 0 Å². The van der Waals surface area contributed by atoms with E-state index < -0.39 is 0 Å². The number of aliphatic hydroxyl groups is 1. The fraction of sp³-hybridized carbons (Fsp3) is 0.714. The molecule has 1 aliphatic rings. The van der Waals surface area contributed by atoms with Crippen LogP contribution in [0.4, 0.5) is 0 Å². The Labute approximate surface area is 114 Å². The van der Waals surface area contributed by atoms with E-state index in [1.54, 1.807) is 0 Å². The van der Waals surface area contributed by atoms with Crippen LogP contribution in [-0.4, -0.2) is 44.9 Å². The summed E-state index contributed by atoms with van der Waals surface area (Å²) in [6.07, 6.45) is 3.16. The molecule has 0 aliphatic carbocycles. The molecule has 0 aromatic carbocycles. The number of rotatable bonds is 4. The van der Waals surface area contributed by atoms with Crippen molar-refractivity contribution in [3.63, 3.8) is 0 Å². The van der Waals surface area contributed by atoms with Crippen molar-refractivity contribution in [1.82, 2.24) is 14.7 Å². The molecule has 19 heavy (non-hydrogen) atoms. The third-order valence-electron chi connectivity index (χ3n) is 4.16. The Morgan fingerprint density at radius 2 is 2.21 bits per heavy atom. The van der Waals surface area contributed by atoms with Gasteiger partial charge in [-0.1, -0.05) is 0 Å². The number of carbonyl (C=O) groups excluding carboxylic acids is 1. The van der Waals surface area contributed by atoms with Gasteiger partial charge >= 0.3 is 0 Å². The van der Waals surface area contributed by atoms with Crippen LogP contribution in [0.5, 0.6) is 0 Å². The maximum atomic E-state index is 12.2. The lowest BCUT2D eigenvalue weighted by Gasteiger charge is -2.23. The Morgan fingerprint density at radius 1 is 1.47 bits per heavy atom. The average molecular weight is 265 g/mol. The summed E-state index contributed by atoms with van der Waals surface area (Å²) in [5.41, 5.74) is 3.31. The lowest BCUT2D eigenvalue weighted by Crippen LogP contribution is -2.37. The average Bonchev–Trinajstić information content (AvgIpc) is 2.94. The maximum Gasteiger partial charge on any atom is 0.223 e. The number of likely N-dealkylation sites (tertiary alicyclic amines) is 1. The molecule has 5 heteroatoms. The molecule has 1 saturated heterocycles. The Morgan fingerprint density at radius 3 is 2.79 bits per heavy atom. The van der Waals surface area contributed by atoms with Crippen molar-refractivity contribution in [2.75, 3.05) is 13.2 Å². The standard InChI is InChI=1S/C14H23N3O2/c1-10-13(11(2)16(3)15-10)6-7-14(19)17-8-4-5-12(17)9-18/h12,18H,4-9H2,1-3H3. The number of amides is 1. The summed E-state index contributed by atoms with van der Waals surface area (Å²) in [5, 5.41) is 13.6. The monoisotopic (exact) mass is 265 g/mol. The fourth-order valence-corrected chi connectivity index (χ4v) is 2.91. The van der Waals surface area contributed by atoms with E-state index in [4.69, 9.17) is 0 Å². The van der Waals surface area contributed by atoms with Gasteiger partial charge < -0.3 is 10.0 Å². The van der Waals surface area contributed by atoms with Crippen LogP contribution in [-0.2, 0) is 18.3 Å². The predicted octanol–water partition coefficient (Wildman–Crippen LogP) is 0.953. The number of aromatic nitrogens is 2. The summed E-state index contributed by atoms with van der Waals surface area (Å²) in [6.45, 7) is 4.89. The first-order valence-corrected chi connectivity index (χ1v) is 6.94. The summed E-state index contributed by atoms with van der Waals surface area (Å²) in [6, 6.07) is 0.0311. The number of aliphatic hydroxyl groups excluding tert-OH is 1. The SMILES string of the molecule is Cc1nn(C)c(C)c1CCC(=O)N1CCCC1CO. The van der Waals surface area contributed by atoms with Crippen molar-refractivity contribution in [3.05, 3.63) is 17.0 Å². The van der Waals surface area contributed by atoms with Gasteiger partial charge in [-0.2, -0.15) is 5.10 Å². The second kappa shape index (κ2) is 5.74. The molecular formula is C14H23N3O2. The van der Waals surface area contributed by atoms with Crippen LogP contribution in [0.3, 0.4) is 0 Å². The Hall–Kier alpha value is -1.36. The quantitative estimate of drug-likeness (QED) is 0.882. The topological polar surface area (TPSA) is 58.4 Å². The van der Waals surface area contributed by atoms with Crippen LogP contribution >= 0.6 is 0 Å². The molecule has 106 valence electrons. The van der Waals surface area contributed by atoms with Crippen molar-refractivity contribution < 1.29 is 9.90 Å². The molecule has 0 saturated carbocycles. The minimum absolute atomic E-state index is 0.0311. The molecule has 1 atom stereocenters. The Balaban J connectivity index is 1.97. The molecule has 1 aliphatic heterocycles. The third-order valence-corrected chi connectivity index (χ3v) is 4.16. The van der Waals surface area contributed by atoms with Crippen molar-refractivity contribution >= 4 is 5.91 Å². The molecule has 2 heterocycles. The van der Waals surface area contributed by atoms with Crippen LogP contribution in [0.15, 0.2) is 0 Å². The summed E-state index contributed by atoms with van der Waals surface area (Å²) in [4.78, 5) is 14.0. The minimum atomic E-state index is 0.0311.